The molecule has 0 radical (unpaired) electrons. The maximum absolute atomic E-state index is 12.5. The van der Waals surface area contributed by atoms with Crippen LogP contribution in [-0.2, 0) is 11.2 Å². The highest BCUT2D eigenvalue weighted by Gasteiger charge is 2.31. The fourth-order valence-corrected chi connectivity index (χ4v) is 4.90. The molecule has 42 heavy (non-hydrogen) atoms. The Labute approximate surface area is 246 Å². The van der Waals surface area contributed by atoms with E-state index in [0.717, 1.165) is 36.0 Å². The van der Waals surface area contributed by atoms with Crippen LogP contribution in [0.15, 0.2) is 54.6 Å². The molecule has 1 aliphatic heterocycles. The van der Waals surface area contributed by atoms with Crippen LogP contribution in [0.4, 0.5) is 0 Å². The Balaban J connectivity index is 1.59. The first kappa shape index (κ1) is 30.6. The van der Waals surface area contributed by atoms with Crippen molar-refractivity contribution < 1.29 is 38.4 Å². The van der Waals surface area contributed by atoms with Crippen LogP contribution in [0.5, 0.6) is 28.7 Å². The molecule has 1 N–H and O–H groups in total. The highest BCUT2D eigenvalue weighted by atomic mass is 16.5. The summed E-state index contributed by atoms with van der Waals surface area (Å²) in [4.78, 5) is 12.5. The molecule has 222 valence electrons. The van der Waals surface area contributed by atoms with Crippen LogP contribution in [0.1, 0.15) is 65.4 Å². The van der Waals surface area contributed by atoms with Gasteiger partial charge in [-0.05, 0) is 66.8 Å². The summed E-state index contributed by atoms with van der Waals surface area (Å²) in [7, 11) is 6.35. The number of hydrogen-bond donors (Lipinski definition) is 1. The molecule has 9 nitrogen and oxygen atoms in total. The van der Waals surface area contributed by atoms with Gasteiger partial charge < -0.3 is 28.4 Å². The number of benzene rings is 3. The lowest BCUT2D eigenvalue weighted by atomic mass is 9.99. The standard InChI is InChI=1S/C33H37NO8/c1-6-17-41-31-23(13-10-16-34(36)33(35)22-11-8-7-9-12-22)18-24(19-28(31)37-2)26-14-15-27(42-26)25-20-29(38-3)32(40-5)30(21-25)39-4/h7-9,11-12,18-21,26-27,36H,6,13-15,17H2,1-5H3. The van der Waals surface area contributed by atoms with Crippen LogP contribution in [0.25, 0.3) is 0 Å². The molecule has 4 rings (SSSR count). The third kappa shape index (κ3) is 6.90. The second-order valence-corrected chi connectivity index (χ2v) is 9.66. The number of amides is 1. The minimum Gasteiger partial charge on any atom is -0.493 e. The zero-order chi connectivity index (χ0) is 30.1. The smallest absolute Gasteiger partial charge is 0.289 e. The quantitative estimate of drug-likeness (QED) is 0.126. The predicted molar refractivity (Wildman–Crippen MR) is 157 cm³/mol. The van der Waals surface area contributed by atoms with Crippen molar-refractivity contribution in [3.8, 4) is 40.7 Å². The van der Waals surface area contributed by atoms with Crippen LogP contribution < -0.4 is 23.7 Å². The summed E-state index contributed by atoms with van der Waals surface area (Å²) in [5, 5.41) is 10.6. The van der Waals surface area contributed by atoms with Crippen molar-refractivity contribution in [3.63, 3.8) is 0 Å². The maximum Gasteiger partial charge on any atom is 0.289 e. The predicted octanol–water partition coefficient (Wildman–Crippen LogP) is 6.14. The van der Waals surface area contributed by atoms with Crippen molar-refractivity contribution in [3.05, 3.63) is 76.9 Å². The average molecular weight is 576 g/mol. The Kier molecular flexibility index (Phi) is 10.5. The number of methoxy groups -OCH3 is 4. The molecule has 1 amide bonds. The lowest BCUT2D eigenvalue weighted by molar-refractivity contribution is -0.0117. The Morgan fingerprint density at radius 2 is 1.45 bits per heavy atom. The van der Waals surface area contributed by atoms with E-state index in [1.165, 1.54) is 0 Å². The minimum atomic E-state index is -0.603. The van der Waals surface area contributed by atoms with E-state index >= 15 is 0 Å². The molecule has 0 aliphatic carbocycles. The second kappa shape index (κ2) is 14.5. The van der Waals surface area contributed by atoms with Gasteiger partial charge in [-0.3, -0.25) is 10.0 Å². The minimum absolute atomic E-state index is 0.180. The number of hydrogen-bond acceptors (Lipinski definition) is 8. The van der Waals surface area contributed by atoms with E-state index in [2.05, 4.69) is 12.0 Å². The molecule has 2 atom stereocenters. The Hall–Kier alpha value is -4.39. The van der Waals surface area contributed by atoms with Crippen molar-refractivity contribution in [2.75, 3.05) is 35.0 Å². The van der Waals surface area contributed by atoms with Gasteiger partial charge in [0, 0.05) is 23.6 Å². The lowest BCUT2D eigenvalue weighted by Gasteiger charge is -2.20. The molecular formula is C33H37NO8. The van der Waals surface area contributed by atoms with Gasteiger partial charge in [0.05, 0.1) is 47.3 Å². The molecule has 3 aromatic carbocycles. The molecule has 2 unspecified atom stereocenters. The van der Waals surface area contributed by atoms with E-state index in [-0.39, 0.29) is 18.6 Å². The first-order valence-electron chi connectivity index (χ1n) is 13.8. The van der Waals surface area contributed by atoms with Crippen molar-refractivity contribution in [1.29, 1.82) is 0 Å². The molecule has 1 heterocycles. The van der Waals surface area contributed by atoms with Gasteiger partial charge in [-0.2, -0.15) is 0 Å². The average Bonchev–Trinajstić information content (AvgIpc) is 3.53. The second-order valence-electron chi connectivity index (χ2n) is 9.66. The van der Waals surface area contributed by atoms with E-state index in [9.17, 15) is 10.0 Å². The van der Waals surface area contributed by atoms with Crippen LogP contribution in [0.2, 0.25) is 0 Å². The molecule has 1 aliphatic rings. The van der Waals surface area contributed by atoms with Crippen LogP contribution in [-0.4, -0.2) is 51.2 Å². The van der Waals surface area contributed by atoms with Crippen molar-refractivity contribution in [1.82, 2.24) is 5.06 Å². The summed E-state index contributed by atoms with van der Waals surface area (Å²) in [5.41, 5.74) is 2.96. The molecule has 9 heteroatoms. The van der Waals surface area contributed by atoms with E-state index in [4.69, 9.17) is 28.4 Å². The van der Waals surface area contributed by atoms with Gasteiger partial charge in [0.15, 0.2) is 23.0 Å². The van der Waals surface area contributed by atoms with Gasteiger partial charge in [0.1, 0.15) is 0 Å². The van der Waals surface area contributed by atoms with Crippen LogP contribution in [0.3, 0.4) is 0 Å². The number of rotatable bonds is 11. The Morgan fingerprint density at radius 1 is 0.881 bits per heavy atom. The zero-order valence-electron chi connectivity index (χ0n) is 24.6. The fourth-order valence-electron chi connectivity index (χ4n) is 4.90. The molecule has 0 aromatic heterocycles. The van der Waals surface area contributed by atoms with E-state index in [1.807, 2.05) is 31.2 Å². The van der Waals surface area contributed by atoms with Crippen LogP contribution in [0, 0.1) is 12.0 Å². The summed E-state index contributed by atoms with van der Waals surface area (Å²) >= 11 is 0. The summed E-state index contributed by atoms with van der Waals surface area (Å²) in [6, 6.07) is 18.7. The summed E-state index contributed by atoms with van der Waals surface area (Å²) < 4.78 is 34.8. The molecule has 0 bridgehead atoms. The van der Waals surface area contributed by atoms with E-state index < -0.39 is 5.91 Å². The molecule has 0 spiro atoms. The van der Waals surface area contributed by atoms with Crippen molar-refractivity contribution >= 4 is 5.91 Å². The van der Waals surface area contributed by atoms with Gasteiger partial charge in [-0.25, -0.2) is 0 Å². The normalized spacial score (nSPS) is 15.8. The molecule has 1 fully saturated rings. The van der Waals surface area contributed by atoms with E-state index in [1.54, 1.807) is 58.8 Å². The highest BCUT2D eigenvalue weighted by Crippen LogP contribution is 2.47. The van der Waals surface area contributed by atoms with Crippen molar-refractivity contribution in [2.45, 2.75) is 44.8 Å². The largest absolute Gasteiger partial charge is 0.493 e. The number of carbonyl (C=O) groups excluding carboxylic acids is 1. The van der Waals surface area contributed by atoms with Crippen molar-refractivity contribution in [2.24, 2.45) is 0 Å². The highest BCUT2D eigenvalue weighted by molar-refractivity contribution is 5.94. The first-order chi connectivity index (χ1) is 20.4. The third-order valence-corrected chi connectivity index (χ3v) is 6.95. The topological polar surface area (TPSA) is 95.9 Å². The lowest BCUT2D eigenvalue weighted by Crippen LogP contribution is -2.22. The van der Waals surface area contributed by atoms with E-state index in [0.29, 0.717) is 46.0 Å². The molecular weight excluding hydrogens is 538 g/mol. The monoisotopic (exact) mass is 575 g/mol. The molecule has 3 aromatic rings. The number of carbonyl (C=O) groups is 1. The van der Waals surface area contributed by atoms with Gasteiger partial charge >= 0.3 is 0 Å². The fraction of sp³-hybridized carbons (Fsp3) is 0.364. The first-order valence-corrected chi connectivity index (χ1v) is 13.8. The van der Waals surface area contributed by atoms with Crippen LogP contribution >= 0.6 is 0 Å². The molecule has 0 saturated carbocycles. The zero-order valence-corrected chi connectivity index (χ0v) is 24.6. The van der Waals surface area contributed by atoms with Gasteiger partial charge in [0.25, 0.3) is 5.91 Å². The summed E-state index contributed by atoms with van der Waals surface area (Å²) in [5.74, 6) is 5.12. The Morgan fingerprint density at radius 3 is 2.00 bits per heavy atom. The summed E-state index contributed by atoms with van der Waals surface area (Å²) in [6.07, 6.45) is 2.21. The van der Waals surface area contributed by atoms with Gasteiger partial charge in [-0.1, -0.05) is 31.0 Å². The molecule has 1 saturated heterocycles. The summed E-state index contributed by atoms with van der Waals surface area (Å²) in [6.45, 7) is 2.52. The number of hydroxylamine groups is 2. The van der Waals surface area contributed by atoms with Gasteiger partial charge in [0.2, 0.25) is 5.75 Å². The van der Waals surface area contributed by atoms with Gasteiger partial charge in [-0.15, -0.1) is 5.06 Å². The Bertz CT molecular complexity index is 1400. The maximum atomic E-state index is 12.5. The third-order valence-electron chi connectivity index (χ3n) is 6.95. The number of nitrogens with zero attached hydrogens (tertiary/aromatic N) is 1. The number of ether oxygens (including phenoxy) is 6. The SMILES string of the molecule is CCCOc1c(CC#CN(O)C(=O)c2ccccc2)cc(C2CCC(c3cc(OC)c(OC)c(OC)c3)O2)cc1OC.